The van der Waals surface area contributed by atoms with E-state index in [-0.39, 0.29) is 24.0 Å². The number of benzene rings is 1. The Kier molecular flexibility index (Phi) is 5.95. The Balaban J connectivity index is 1.26. The van der Waals surface area contributed by atoms with E-state index in [1.165, 1.54) is 21.4 Å². The number of aromatic nitrogens is 1. The van der Waals surface area contributed by atoms with Crippen LogP contribution in [0.5, 0.6) is 0 Å². The summed E-state index contributed by atoms with van der Waals surface area (Å²) in [5.41, 5.74) is 1.73. The van der Waals surface area contributed by atoms with Gasteiger partial charge in [0.2, 0.25) is 0 Å². The Morgan fingerprint density at radius 2 is 1.97 bits per heavy atom. The Labute approximate surface area is 189 Å². The molecule has 0 unspecified atom stereocenters. The predicted octanol–water partition coefficient (Wildman–Crippen LogP) is 3.65. The van der Waals surface area contributed by atoms with Gasteiger partial charge in [0.25, 0.3) is 5.91 Å². The first-order valence-electron chi connectivity index (χ1n) is 12.1. The van der Waals surface area contributed by atoms with Crippen molar-refractivity contribution in [2.75, 3.05) is 26.2 Å². The fraction of sp³-hybridized carbons (Fsp3) is 0.600. The second-order valence-electron chi connectivity index (χ2n) is 9.61. The van der Waals surface area contributed by atoms with E-state index in [1.807, 2.05) is 0 Å². The molecule has 3 amide bonds. The van der Waals surface area contributed by atoms with E-state index >= 15 is 0 Å². The van der Waals surface area contributed by atoms with Gasteiger partial charge in [-0.1, -0.05) is 31.5 Å². The van der Waals surface area contributed by atoms with Crippen LogP contribution in [0.25, 0.3) is 10.9 Å². The number of nitrogens with zero attached hydrogens (tertiary/aromatic N) is 2. The number of imide groups is 1. The Morgan fingerprint density at radius 3 is 2.72 bits per heavy atom. The van der Waals surface area contributed by atoms with Gasteiger partial charge in [0, 0.05) is 30.3 Å². The maximum absolute atomic E-state index is 13.6. The summed E-state index contributed by atoms with van der Waals surface area (Å²) in [4.78, 5) is 33.7. The molecule has 3 aliphatic rings. The fourth-order valence-electron chi connectivity index (χ4n) is 5.93. The van der Waals surface area contributed by atoms with Crippen LogP contribution >= 0.6 is 0 Å². The highest BCUT2D eigenvalue weighted by atomic mass is 16.5. The summed E-state index contributed by atoms with van der Waals surface area (Å²) in [5.74, 6) is 0.141. The molecule has 172 valence electrons. The largest absolute Gasteiger partial charge is 0.376 e. The van der Waals surface area contributed by atoms with Crippen LogP contribution in [0.3, 0.4) is 0 Å². The number of H-pyrrole nitrogens is 1. The summed E-state index contributed by atoms with van der Waals surface area (Å²) in [6.07, 6.45) is 7.43. The van der Waals surface area contributed by atoms with Crippen LogP contribution in [0.15, 0.2) is 30.5 Å². The van der Waals surface area contributed by atoms with Gasteiger partial charge >= 0.3 is 6.03 Å². The van der Waals surface area contributed by atoms with E-state index < -0.39 is 5.54 Å². The summed E-state index contributed by atoms with van der Waals surface area (Å²) >= 11 is 0. The average molecular weight is 439 g/mol. The summed E-state index contributed by atoms with van der Waals surface area (Å²) in [5, 5.41) is 4.43. The van der Waals surface area contributed by atoms with E-state index in [1.54, 1.807) is 0 Å². The van der Waals surface area contributed by atoms with Crippen LogP contribution in [0.4, 0.5) is 4.79 Å². The first-order valence-corrected chi connectivity index (χ1v) is 12.1. The minimum atomic E-state index is -0.753. The summed E-state index contributed by atoms with van der Waals surface area (Å²) in [7, 11) is 0. The van der Waals surface area contributed by atoms with Crippen molar-refractivity contribution in [1.29, 1.82) is 0 Å². The molecule has 7 nitrogen and oxygen atoms in total. The first-order chi connectivity index (χ1) is 15.6. The normalized spacial score (nSPS) is 27.5. The van der Waals surface area contributed by atoms with Crippen molar-refractivity contribution in [3.63, 3.8) is 0 Å². The van der Waals surface area contributed by atoms with Gasteiger partial charge < -0.3 is 15.0 Å². The van der Waals surface area contributed by atoms with Crippen molar-refractivity contribution in [2.45, 2.75) is 63.6 Å². The second kappa shape index (κ2) is 8.87. The molecule has 3 saturated heterocycles. The van der Waals surface area contributed by atoms with E-state index in [4.69, 9.17) is 4.74 Å². The van der Waals surface area contributed by atoms with Gasteiger partial charge in [-0.05, 0) is 62.7 Å². The van der Waals surface area contributed by atoms with E-state index in [2.05, 4.69) is 52.6 Å². The monoisotopic (exact) mass is 438 g/mol. The molecule has 0 spiro atoms. The maximum atomic E-state index is 13.6. The number of aromatic amines is 1. The number of carbonyl (C=O) groups excluding carboxylic acids is 2. The molecule has 0 bridgehead atoms. The van der Waals surface area contributed by atoms with Crippen LogP contribution in [0.1, 0.15) is 51.0 Å². The van der Waals surface area contributed by atoms with Crippen molar-refractivity contribution in [2.24, 2.45) is 5.92 Å². The number of fused-ring (bicyclic) bond motifs is 1. The number of likely N-dealkylation sites (tertiary alicyclic amines) is 1. The number of carbonyl (C=O) groups is 2. The van der Waals surface area contributed by atoms with Crippen molar-refractivity contribution in [3.8, 4) is 0 Å². The highest BCUT2D eigenvalue weighted by Gasteiger charge is 2.55. The molecule has 1 aromatic heterocycles. The van der Waals surface area contributed by atoms with Gasteiger partial charge in [-0.15, -0.1) is 0 Å². The molecule has 0 saturated carbocycles. The third-order valence-corrected chi connectivity index (χ3v) is 7.61. The van der Waals surface area contributed by atoms with Crippen LogP contribution in [0, 0.1) is 5.92 Å². The number of ether oxygens (including phenoxy) is 1. The zero-order valence-electron chi connectivity index (χ0n) is 18.9. The number of para-hydroxylation sites is 1. The molecule has 2 aromatic rings. The summed E-state index contributed by atoms with van der Waals surface area (Å²) < 4.78 is 5.70. The van der Waals surface area contributed by atoms with E-state index in [0.717, 1.165) is 58.3 Å². The number of rotatable bonds is 7. The number of piperidine rings is 1. The Morgan fingerprint density at radius 1 is 1.16 bits per heavy atom. The van der Waals surface area contributed by atoms with Gasteiger partial charge in [0.15, 0.2) is 0 Å². The zero-order chi connectivity index (χ0) is 22.1. The lowest BCUT2D eigenvalue weighted by molar-refractivity contribution is -0.135. The summed E-state index contributed by atoms with van der Waals surface area (Å²) in [6, 6.07) is 8.17. The molecule has 0 aliphatic carbocycles. The molecule has 0 radical (unpaired) electrons. The molecule has 7 heteroatoms. The SMILES string of the molecule is CCC[C@@]1(C2CCN(Cc3c[nH]c4ccccc34)CC2)NC(=O)N(C[C@@H]2CCCO2)C1=O. The maximum Gasteiger partial charge on any atom is 0.325 e. The van der Waals surface area contributed by atoms with Crippen molar-refractivity contribution >= 4 is 22.8 Å². The summed E-state index contributed by atoms with van der Waals surface area (Å²) in [6.45, 7) is 5.98. The Bertz CT molecular complexity index is 974. The van der Waals surface area contributed by atoms with Gasteiger partial charge in [0.05, 0.1) is 12.6 Å². The van der Waals surface area contributed by atoms with Crippen LogP contribution < -0.4 is 5.32 Å². The average Bonchev–Trinajstić information content (AvgIpc) is 3.52. The quantitative estimate of drug-likeness (QED) is 0.647. The van der Waals surface area contributed by atoms with Crippen LogP contribution in [-0.4, -0.2) is 64.6 Å². The van der Waals surface area contributed by atoms with Crippen molar-refractivity contribution in [3.05, 3.63) is 36.0 Å². The lowest BCUT2D eigenvalue weighted by Gasteiger charge is -2.41. The number of nitrogens with one attached hydrogen (secondary N) is 2. The van der Waals surface area contributed by atoms with Crippen LogP contribution in [0.2, 0.25) is 0 Å². The third kappa shape index (κ3) is 3.82. The van der Waals surface area contributed by atoms with E-state index in [9.17, 15) is 9.59 Å². The van der Waals surface area contributed by atoms with Crippen molar-refractivity contribution < 1.29 is 14.3 Å². The Hall–Kier alpha value is -2.38. The van der Waals surface area contributed by atoms with Gasteiger partial charge in [0.1, 0.15) is 5.54 Å². The van der Waals surface area contributed by atoms with Crippen LogP contribution in [-0.2, 0) is 16.1 Å². The molecule has 2 N–H and O–H groups in total. The van der Waals surface area contributed by atoms with Gasteiger partial charge in [-0.3, -0.25) is 14.6 Å². The lowest BCUT2D eigenvalue weighted by Crippen LogP contribution is -2.56. The topological polar surface area (TPSA) is 77.7 Å². The molecule has 32 heavy (non-hydrogen) atoms. The molecular formula is C25H34N4O3. The molecule has 3 fully saturated rings. The van der Waals surface area contributed by atoms with Gasteiger partial charge in [-0.2, -0.15) is 0 Å². The molecule has 1 aromatic carbocycles. The number of hydrogen-bond donors (Lipinski definition) is 2. The fourth-order valence-corrected chi connectivity index (χ4v) is 5.93. The predicted molar refractivity (Wildman–Crippen MR) is 123 cm³/mol. The van der Waals surface area contributed by atoms with Crippen molar-refractivity contribution in [1.82, 2.24) is 20.1 Å². The third-order valence-electron chi connectivity index (χ3n) is 7.61. The molecule has 3 aliphatic heterocycles. The molecular weight excluding hydrogens is 404 g/mol. The minimum absolute atomic E-state index is 0.0138. The zero-order valence-corrected chi connectivity index (χ0v) is 18.9. The second-order valence-corrected chi connectivity index (χ2v) is 9.61. The lowest BCUT2D eigenvalue weighted by atomic mass is 9.74. The number of hydrogen-bond acceptors (Lipinski definition) is 4. The number of urea groups is 1. The van der Waals surface area contributed by atoms with E-state index in [0.29, 0.717) is 13.0 Å². The first kappa shape index (κ1) is 21.5. The number of amides is 3. The molecule has 4 heterocycles. The standard InChI is InChI=1S/C25H34N4O3/c1-2-11-25(23(30)29(24(31)27-25)17-20-6-5-14-32-20)19-9-12-28(13-10-19)16-18-15-26-22-8-4-3-7-21(18)22/h3-4,7-8,15,19-20,26H,2,5-6,9-14,16-17H2,1H3,(H,27,31)/t20-,25-/m0/s1. The molecule has 2 atom stereocenters. The van der Waals surface area contributed by atoms with Gasteiger partial charge in [-0.25, -0.2) is 4.79 Å². The highest BCUT2D eigenvalue weighted by molar-refractivity contribution is 6.07. The smallest absolute Gasteiger partial charge is 0.325 e. The molecule has 5 rings (SSSR count). The highest BCUT2D eigenvalue weighted by Crippen LogP contribution is 2.38. The minimum Gasteiger partial charge on any atom is -0.376 e.